The minimum atomic E-state index is -0.419. The van der Waals surface area contributed by atoms with E-state index >= 15 is 0 Å². The van der Waals surface area contributed by atoms with Crippen molar-refractivity contribution in [3.8, 4) is 11.5 Å². The first-order valence-corrected chi connectivity index (χ1v) is 21.0. The van der Waals surface area contributed by atoms with Gasteiger partial charge in [-0.05, 0) is 50.2 Å². The molecule has 6 aromatic rings. The molecule has 0 aliphatic carbocycles. The maximum absolute atomic E-state index is 14.5. The first-order valence-electron chi connectivity index (χ1n) is 19.7. The molecule has 2 saturated heterocycles. The zero-order valence-corrected chi connectivity index (χ0v) is 46.1. The molecule has 358 valence electrons. The van der Waals surface area contributed by atoms with Gasteiger partial charge in [0.2, 0.25) is 11.8 Å². The number of methoxy groups -OCH3 is 2. The minimum Gasteiger partial charge on any atom is -1.00 e. The summed E-state index contributed by atoms with van der Waals surface area (Å²) < 4.78 is 40.5. The number of aromatic amines is 1. The van der Waals surface area contributed by atoms with Gasteiger partial charge in [-0.25, -0.2) is 23.4 Å². The first kappa shape index (κ1) is 61.0. The monoisotopic (exact) mass is 1060 g/mol. The van der Waals surface area contributed by atoms with Gasteiger partial charge in [-0.1, -0.05) is 30.6 Å². The number of nitrogens with zero attached hydrogens (tertiary/aromatic N) is 9. The van der Waals surface area contributed by atoms with E-state index in [0.29, 0.717) is 85.1 Å². The summed E-state index contributed by atoms with van der Waals surface area (Å²) in [7, 11) is 2.98. The normalized spacial score (nSPS) is 15.1. The number of ether oxygens (including phenoxy) is 2. The van der Waals surface area contributed by atoms with Crippen molar-refractivity contribution in [2.24, 2.45) is 0 Å². The fraction of sp³-hybridized carbons (Fsp3) is 0.357. The summed E-state index contributed by atoms with van der Waals surface area (Å²) in [4.78, 5) is 51.4. The molecule has 0 saturated carbocycles. The van der Waals surface area contributed by atoms with Crippen molar-refractivity contribution in [1.82, 2.24) is 39.7 Å². The molecule has 2 amide bonds. The molecule has 68 heavy (non-hydrogen) atoms. The Balaban J connectivity index is 0.000000530. The molecule has 2 aliphatic heterocycles. The van der Waals surface area contributed by atoms with Crippen LogP contribution in [0.15, 0.2) is 60.9 Å². The molecule has 0 bridgehead atoms. The van der Waals surface area contributed by atoms with Crippen LogP contribution < -0.4 is 139 Å². The molecule has 4 aromatic heterocycles. The predicted octanol–water partition coefficient (Wildman–Crippen LogP) is -0.953. The van der Waals surface area contributed by atoms with E-state index in [1.807, 2.05) is 41.8 Å². The molecule has 5 N–H and O–H groups in total. The molecule has 2 atom stereocenters. The van der Waals surface area contributed by atoms with Gasteiger partial charge in [0.05, 0.1) is 46.4 Å². The van der Waals surface area contributed by atoms with Crippen LogP contribution in [-0.2, 0) is 25.8 Å². The summed E-state index contributed by atoms with van der Waals surface area (Å²) in [5, 5.41) is 21.2. The van der Waals surface area contributed by atoms with Crippen molar-refractivity contribution in [2.45, 2.75) is 39.9 Å². The number of amides is 2. The second-order valence-electron chi connectivity index (χ2n) is 14.4. The van der Waals surface area contributed by atoms with Gasteiger partial charge in [0, 0.05) is 75.9 Å². The number of rotatable bonds is 8. The van der Waals surface area contributed by atoms with E-state index in [0.717, 1.165) is 10.8 Å². The molecule has 0 unspecified atom stereocenters. The third-order valence-corrected chi connectivity index (χ3v) is 11.2. The Bertz CT molecular complexity index is 2610. The standard InChI is InChI=1S/C20H22ClFN6O2.C14H17Cl2FN2O2.C6H6N4.CH2O3.CH4.2K.H/c1-12-10-26(16-9-17(30-2)14(21)8-15(16)22)6-7-27(12)18(29)11-28-20-13(19(23)25-28)4-3-5-24-20;1-9-8-18(3-4-19(9)14(20)7-15)12-6-13(21-2)10(16)5-11(12)17;7-5-4-2-1-3-8-6(4)10-9-5;2-1-4-3;;;;/h3-5,8-9,12H,6-7,10-11H2,1-2H3,(H2,23,25);5-6,9H,3-4,7-8H2,1-2H3;1-3H,(H3,7,8,9,10);1,3H;1H4;;;/q;;;;;2*+1;-1/p-1/t12-;9-;;;;;;/m00....../s1. The Morgan fingerprint density at radius 2 is 1.34 bits per heavy atom. The number of hydrogen-bond donors (Lipinski definition) is 3. The molecular weight excluding hydrogens is 1010 g/mol. The second kappa shape index (κ2) is 29.3. The Kier molecular flexibility index (Phi) is 26.2. The number of halogens is 5. The maximum Gasteiger partial charge on any atom is 1.00 e. The van der Waals surface area contributed by atoms with Crippen molar-refractivity contribution in [3.05, 3.63) is 82.6 Å². The smallest absolute Gasteiger partial charge is 1.00 e. The largest absolute Gasteiger partial charge is 1.00 e. The Labute approximate surface area is 493 Å². The number of alkyl halides is 1. The number of fused-ring (bicyclic) bond motifs is 2. The number of aromatic nitrogens is 6. The van der Waals surface area contributed by atoms with Crippen molar-refractivity contribution < 1.29 is 147 Å². The number of anilines is 4. The number of piperazine rings is 2. The zero-order chi connectivity index (χ0) is 47.4. The van der Waals surface area contributed by atoms with Crippen LogP contribution in [-0.4, -0.2) is 129 Å². The van der Waals surface area contributed by atoms with Crippen LogP contribution in [0.4, 0.5) is 31.8 Å². The third-order valence-electron chi connectivity index (χ3n) is 10.4. The Morgan fingerprint density at radius 1 is 0.853 bits per heavy atom. The Hall–Kier alpha value is -3.15. The molecule has 26 heteroatoms. The van der Waals surface area contributed by atoms with Crippen molar-refractivity contribution >= 4 is 98.2 Å². The summed E-state index contributed by atoms with van der Waals surface area (Å²) in [5.41, 5.74) is 13.5. The van der Waals surface area contributed by atoms with Crippen LogP contribution >= 0.6 is 34.8 Å². The second-order valence-corrected chi connectivity index (χ2v) is 15.5. The molecular formula is C42H51Cl3F2K2N12O7. The zero-order valence-electron chi connectivity index (χ0n) is 38.6. The van der Waals surface area contributed by atoms with Crippen LogP contribution in [0.5, 0.6) is 11.5 Å². The number of carbonyl (C=O) groups is 3. The van der Waals surface area contributed by atoms with E-state index in [4.69, 9.17) is 65.8 Å². The van der Waals surface area contributed by atoms with Crippen LogP contribution in [0.25, 0.3) is 22.1 Å². The number of hydrogen-bond acceptors (Lipinski definition) is 15. The van der Waals surface area contributed by atoms with Crippen LogP contribution in [0, 0.1) is 11.6 Å². The topological polar surface area (TPSA) is 239 Å². The minimum absolute atomic E-state index is 0. The number of benzene rings is 2. The molecule has 0 spiro atoms. The van der Waals surface area contributed by atoms with Crippen molar-refractivity contribution in [2.75, 3.05) is 80.6 Å². The van der Waals surface area contributed by atoms with E-state index in [-0.39, 0.29) is 164 Å². The number of nitrogen functional groups attached to an aromatic ring is 2. The summed E-state index contributed by atoms with van der Waals surface area (Å²) in [5.74, 6) is 0.716. The third kappa shape index (κ3) is 15.4. The maximum atomic E-state index is 14.5. The van der Waals surface area contributed by atoms with Gasteiger partial charge in [-0.3, -0.25) is 19.5 Å². The fourth-order valence-electron chi connectivity index (χ4n) is 7.24. The predicted molar refractivity (Wildman–Crippen MR) is 249 cm³/mol. The van der Waals surface area contributed by atoms with Gasteiger partial charge < -0.3 is 52.1 Å². The number of pyridine rings is 2. The van der Waals surface area contributed by atoms with Crippen LogP contribution in [0.2, 0.25) is 10.0 Å². The molecule has 0 radical (unpaired) electrons. The average molecular weight is 1060 g/mol. The molecule has 2 aromatic carbocycles. The summed E-state index contributed by atoms with van der Waals surface area (Å²) in [6.07, 6.45) is 3.32. The number of H-pyrrole nitrogens is 1. The van der Waals surface area contributed by atoms with E-state index in [1.54, 1.807) is 40.4 Å². The molecule has 8 rings (SSSR count). The summed E-state index contributed by atoms with van der Waals surface area (Å²) in [6, 6.07) is 12.8. The number of carbonyl (C=O) groups excluding carboxylic acids is 3. The quantitative estimate of drug-likeness (QED) is 0.0548. The molecule has 19 nitrogen and oxygen atoms in total. The van der Waals surface area contributed by atoms with E-state index in [1.165, 1.54) is 31.0 Å². The summed E-state index contributed by atoms with van der Waals surface area (Å²) >= 11 is 17.5. The van der Waals surface area contributed by atoms with Crippen LogP contribution in [0.3, 0.4) is 0 Å². The summed E-state index contributed by atoms with van der Waals surface area (Å²) in [6.45, 7) is 6.71. The first-order chi connectivity index (χ1) is 31.1. The number of nitrogens with two attached hydrogens (primary N) is 2. The van der Waals surface area contributed by atoms with Gasteiger partial charge >= 0.3 is 103 Å². The number of nitrogens with one attached hydrogen (secondary N) is 1. The SMILES string of the molecule is C.COc1cc(N2CCN(C(=O)CCl)[C@@H](C)C2)c(F)cc1Cl.COc1cc(N2CCN(C(=O)Cn3nc(N)c4cccnc43)[C@@H](C)C2)c(F)cc1Cl.Nc1[nH]nc2ncccc12.O=CO[O-].[H-].[K+].[K+]. The molecule has 2 fully saturated rings. The average Bonchev–Trinajstić information content (AvgIpc) is 3.84. The van der Waals surface area contributed by atoms with E-state index in [2.05, 4.69) is 30.2 Å². The van der Waals surface area contributed by atoms with Gasteiger partial charge in [0.25, 0.3) is 6.47 Å². The van der Waals surface area contributed by atoms with Crippen molar-refractivity contribution in [1.29, 1.82) is 0 Å². The van der Waals surface area contributed by atoms with Crippen LogP contribution in [0.1, 0.15) is 22.7 Å². The fourth-order valence-corrected chi connectivity index (χ4v) is 7.85. The van der Waals surface area contributed by atoms with Gasteiger partial charge in [0.15, 0.2) is 17.1 Å². The van der Waals surface area contributed by atoms with Gasteiger partial charge in [0.1, 0.15) is 41.4 Å². The van der Waals surface area contributed by atoms with Gasteiger partial charge in [-0.15, -0.1) is 11.6 Å². The van der Waals surface area contributed by atoms with Gasteiger partial charge in [-0.2, -0.15) is 10.2 Å². The molecule has 6 heterocycles. The molecule has 2 aliphatic rings. The Morgan fingerprint density at radius 3 is 1.79 bits per heavy atom. The van der Waals surface area contributed by atoms with Crippen molar-refractivity contribution in [3.63, 3.8) is 0 Å². The van der Waals surface area contributed by atoms with E-state index < -0.39 is 11.6 Å². The van der Waals surface area contributed by atoms with E-state index in [9.17, 15) is 18.4 Å².